The molecule has 0 spiro atoms. The fraction of sp³-hybridized carbons (Fsp3) is 0.176. The van der Waals surface area contributed by atoms with Gasteiger partial charge in [-0.2, -0.15) is 13.2 Å². The molecule has 0 aliphatic rings. The lowest BCUT2D eigenvalue weighted by molar-refractivity contribution is -0.137. The Labute approximate surface area is 141 Å². The average Bonchev–Trinajstić information content (AvgIpc) is 2.54. The molecule has 0 aromatic heterocycles. The number of nitrogen functional groups attached to an aromatic ring is 1. The van der Waals surface area contributed by atoms with Crippen molar-refractivity contribution in [3.63, 3.8) is 0 Å². The van der Waals surface area contributed by atoms with Gasteiger partial charge in [0.25, 0.3) is 5.91 Å². The van der Waals surface area contributed by atoms with Crippen LogP contribution < -0.4 is 11.1 Å². The van der Waals surface area contributed by atoms with Gasteiger partial charge in [-0.05, 0) is 36.8 Å². The molecule has 0 unspecified atom stereocenters. The standard InChI is InChI=1S/C17H15F3N2O3/c1-10-4-2-7-13(15(10)21)16(24)25-9-14(23)22-12-6-3-5-11(8-12)17(18,19)20/h2-8H,9,21H2,1H3,(H,22,23). The van der Waals surface area contributed by atoms with E-state index in [9.17, 15) is 22.8 Å². The van der Waals surface area contributed by atoms with Crippen molar-refractivity contribution >= 4 is 23.3 Å². The van der Waals surface area contributed by atoms with Crippen molar-refractivity contribution in [1.82, 2.24) is 0 Å². The van der Waals surface area contributed by atoms with Crippen LogP contribution in [0.2, 0.25) is 0 Å². The van der Waals surface area contributed by atoms with Gasteiger partial charge in [-0.25, -0.2) is 4.79 Å². The van der Waals surface area contributed by atoms with E-state index in [4.69, 9.17) is 10.5 Å². The number of hydrogen-bond donors (Lipinski definition) is 2. The molecular formula is C17H15F3N2O3. The van der Waals surface area contributed by atoms with Gasteiger partial charge in [0.1, 0.15) is 0 Å². The summed E-state index contributed by atoms with van der Waals surface area (Å²) in [6, 6.07) is 8.92. The maximum atomic E-state index is 12.6. The molecule has 25 heavy (non-hydrogen) atoms. The van der Waals surface area contributed by atoms with Gasteiger partial charge in [-0.3, -0.25) is 4.79 Å². The summed E-state index contributed by atoms with van der Waals surface area (Å²) >= 11 is 0. The molecule has 0 fully saturated rings. The minimum absolute atomic E-state index is 0.0501. The van der Waals surface area contributed by atoms with Crippen LogP contribution >= 0.6 is 0 Å². The van der Waals surface area contributed by atoms with Crippen LogP contribution in [0, 0.1) is 6.92 Å². The summed E-state index contributed by atoms with van der Waals surface area (Å²) in [6.45, 7) is 1.06. The number of amides is 1. The van der Waals surface area contributed by atoms with Crippen LogP contribution in [0.25, 0.3) is 0 Å². The Balaban J connectivity index is 1.97. The van der Waals surface area contributed by atoms with E-state index in [2.05, 4.69) is 5.32 Å². The largest absolute Gasteiger partial charge is 0.452 e. The normalized spacial score (nSPS) is 11.0. The highest BCUT2D eigenvalue weighted by Crippen LogP contribution is 2.30. The van der Waals surface area contributed by atoms with E-state index in [1.807, 2.05) is 0 Å². The van der Waals surface area contributed by atoms with Gasteiger partial charge in [0.05, 0.1) is 11.1 Å². The van der Waals surface area contributed by atoms with E-state index < -0.39 is 30.2 Å². The fourth-order valence-electron chi connectivity index (χ4n) is 2.04. The van der Waals surface area contributed by atoms with Crippen LogP contribution in [0.4, 0.5) is 24.5 Å². The highest BCUT2D eigenvalue weighted by atomic mass is 19.4. The van der Waals surface area contributed by atoms with Crippen molar-refractivity contribution in [2.45, 2.75) is 13.1 Å². The maximum Gasteiger partial charge on any atom is 0.416 e. The number of alkyl halides is 3. The van der Waals surface area contributed by atoms with Gasteiger partial charge in [0.2, 0.25) is 0 Å². The van der Waals surface area contributed by atoms with E-state index in [1.165, 1.54) is 12.1 Å². The Hall–Kier alpha value is -3.03. The molecule has 0 saturated heterocycles. The van der Waals surface area contributed by atoms with Crippen LogP contribution in [0.5, 0.6) is 0 Å². The van der Waals surface area contributed by atoms with Crippen molar-refractivity contribution in [3.8, 4) is 0 Å². The van der Waals surface area contributed by atoms with Gasteiger partial charge >= 0.3 is 12.1 Å². The summed E-state index contributed by atoms with van der Waals surface area (Å²) in [6.07, 6.45) is -4.52. The number of benzene rings is 2. The van der Waals surface area contributed by atoms with Gasteiger partial charge in [-0.1, -0.05) is 18.2 Å². The minimum Gasteiger partial charge on any atom is -0.452 e. The first kappa shape index (κ1) is 18.3. The molecule has 0 aliphatic carbocycles. The first-order chi connectivity index (χ1) is 11.7. The monoisotopic (exact) mass is 352 g/mol. The molecule has 132 valence electrons. The van der Waals surface area contributed by atoms with Crippen LogP contribution in [0.1, 0.15) is 21.5 Å². The Kier molecular flexibility index (Phi) is 5.31. The first-order valence-corrected chi connectivity index (χ1v) is 7.18. The molecular weight excluding hydrogens is 337 g/mol. The molecule has 2 rings (SSSR count). The Morgan fingerprint density at radius 3 is 2.52 bits per heavy atom. The zero-order valence-corrected chi connectivity index (χ0v) is 13.2. The van der Waals surface area contributed by atoms with Crippen LogP contribution in [0.3, 0.4) is 0 Å². The zero-order chi connectivity index (χ0) is 18.6. The predicted molar refractivity (Wildman–Crippen MR) is 85.9 cm³/mol. The first-order valence-electron chi connectivity index (χ1n) is 7.18. The number of halogens is 3. The minimum atomic E-state index is -4.52. The van der Waals surface area contributed by atoms with Crippen molar-refractivity contribution in [1.29, 1.82) is 0 Å². The van der Waals surface area contributed by atoms with Crippen LogP contribution in [-0.2, 0) is 15.7 Å². The molecule has 8 heteroatoms. The molecule has 3 N–H and O–H groups in total. The second-order valence-corrected chi connectivity index (χ2v) is 5.24. The number of hydrogen-bond acceptors (Lipinski definition) is 4. The number of esters is 1. The number of carbonyl (C=O) groups is 2. The van der Waals surface area contributed by atoms with E-state index in [-0.39, 0.29) is 16.9 Å². The van der Waals surface area contributed by atoms with Gasteiger partial charge in [0, 0.05) is 11.4 Å². The second kappa shape index (κ2) is 7.25. The molecule has 0 radical (unpaired) electrons. The zero-order valence-electron chi connectivity index (χ0n) is 13.2. The van der Waals surface area contributed by atoms with Crippen LogP contribution in [-0.4, -0.2) is 18.5 Å². The third-order valence-corrected chi connectivity index (χ3v) is 3.35. The maximum absolute atomic E-state index is 12.6. The third-order valence-electron chi connectivity index (χ3n) is 3.35. The van der Waals surface area contributed by atoms with E-state index in [0.29, 0.717) is 5.56 Å². The van der Waals surface area contributed by atoms with Gasteiger partial charge in [0.15, 0.2) is 6.61 Å². The SMILES string of the molecule is Cc1cccc(C(=O)OCC(=O)Nc2cccc(C(F)(F)F)c2)c1N. The number of para-hydroxylation sites is 1. The summed E-state index contributed by atoms with van der Waals surface area (Å²) in [4.78, 5) is 23.7. The summed E-state index contributed by atoms with van der Waals surface area (Å²) in [5, 5.41) is 2.24. The van der Waals surface area contributed by atoms with Crippen molar-refractivity contribution in [3.05, 3.63) is 59.2 Å². The number of carbonyl (C=O) groups excluding carboxylic acids is 2. The molecule has 0 heterocycles. The predicted octanol–water partition coefficient (Wildman–Crippen LogP) is 3.39. The summed E-state index contributed by atoms with van der Waals surface area (Å²) in [5.74, 6) is -1.56. The lowest BCUT2D eigenvalue weighted by Gasteiger charge is -2.11. The van der Waals surface area contributed by atoms with Crippen molar-refractivity contribution in [2.75, 3.05) is 17.7 Å². The van der Waals surface area contributed by atoms with Crippen LogP contribution in [0.15, 0.2) is 42.5 Å². The topological polar surface area (TPSA) is 81.4 Å². The summed E-state index contributed by atoms with van der Waals surface area (Å²) in [5.41, 5.74) is 5.86. The lowest BCUT2D eigenvalue weighted by Crippen LogP contribution is -2.21. The molecule has 5 nitrogen and oxygen atoms in total. The molecule has 0 aliphatic heterocycles. The average molecular weight is 352 g/mol. The van der Waals surface area contributed by atoms with E-state index in [0.717, 1.165) is 18.2 Å². The highest BCUT2D eigenvalue weighted by Gasteiger charge is 2.30. The van der Waals surface area contributed by atoms with E-state index in [1.54, 1.807) is 19.1 Å². The molecule has 2 aromatic carbocycles. The Morgan fingerprint density at radius 1 is 1.16 bits per heavy atom. The molecule has 0 saturated carbocycles. The van der Waals surface area contributed by atoms with Gasteiger partial charge in [-0.15, -0.1) is 0 Å². The number of ether oxygens (including phenoxy) is 1. The third kappa shape index (κ3) is 4.72. The molecule has 0 atom stereocenters. The molecule has 1 amide bonds. The fourth-order valence-corrected chi connectivity index (χ4v) is 2.04. The number of nitrogens with one attached hydrogen (secondary N) is 1. The number of nitrogens with two attached hydrogens (primary N) is 1. The van der Waals surface area contributed by atoms with Gasteiger partial charge < -0.3 is 15.8 Å². The van der Waals surface area contributed by atoms with Crippen molar-refractivity contribution in [2.24, 2.45) is 0 Å². The lowest BCUT2D eigenvalue weighted by atomic mass is 10.1. The smallest absolute Gasteiger partial charge is 0.416 e. The summed E-state index contributed by atoms with van der Waals surface area (Å²) < 4.78 is 42.7. The molecule has 0 bridgehead atoms. The van der Waals surface area contributed by atoms with E-state index >= 15 is 0 Å². The quantitative estimate of drug-likeness (QED) is 0.653. The number of anilines is 2. The number of rotatable bonds is 4. The highest BCUT2D eigenvalue weighted by molar-refractivity contribution is 5.98. The van der Waals surface area contributed by atoms with Crippen molar-refractivity contribution < 1.29 is 27.5 Å². The summed E-state index contributed by atoms with van der Waals surface area (Å²) in [7, 11) is 0. The Morgan fingerprint density at radius 2 is 1.84 bits per heavy atom. The Bertz CT molecular complexity index is 804. The number of aryl methyl sites for hydroxylation is 1. The molecule has 2 aromatic rings. The second-order valence-electron chi connectivity index (χ2n) is 5.24.